The number of carbonyl (C=O) groups excluding carboxylic acids is 4. The van der Waals surface area contributed by atoms with E-state index in [0.29, 0.717) is 155 Å². The number of likely N-dealkylation sites (tertiary alicyclic amines) is 4. The van der Waals surface area contributed by atoms with Crippen molar-refractivity contribution in [3.8, 4) is 76.1 Å². The van der Waals surface area contributed by atoms with Crippen LogP contribution in [0.15, 0.2) is 161 Å². The van der Waals surface area contributed by atoms with Crippen LogP contribution in [-0.2, 0) is 19.2 Å². The highest BCUT2D eigenvalue weighted by atomic mass is 35.5. The van der Waals surface area contributed by atoms with Gasteiger partial charge in [-0.3, -0.25) is 19.2 Å². The lowest BCUT2D eigenvalue weighted by molar-refractivity contribution is -0.125. The number of amides is 4. The number of carbonyl (C=O) groups is 4. The Kier molecular flexibility index (Phi) is 28.5. The Morgan fingerprint density at radius 1 is 0.407 bits per heavy atom. The number of imidazole rings is 4. The maximum Gasteiger partial charge on any atom is 0.246 e. The number of H-pyrrole nitrogens is 4. The quantitative estimate of drug-likeness (QED) is 0.0189. The summed E-state index contributed by atoms with van der Waals surface area (Å²) >= 11 is 5.85. The number of hydrogen-bond acceptors (Lipinski definition) is 25. The first kappa shape index (κ1) is 85.3. The Balaban J connectivity index is 0.000000141. The molecule has 4 fully saturated rings. The molecule has 4 atom stereocenters. The first-order valence-corrected chi connectivity index (χ1v) is 38.6. The normalized spacial score (nSPS) is 15.4. The molecule has 16 rings (SSSR count). The number of fused-ring (bicyclic) bond motifs is 4. The molecular weight excluding hydrogens is 1610 g/mol. The number of para-hydroxylation sites is 3. The number of nitrogens with one attached hydrogen (secondary N) is 8. The van der Waals surface area contributed by atoms with E-state index in [1.54, 1.807) is 51.0 Å². The van der Waals surface area contributed by atoms with Gasteiger partial charge < -0.3 is 84.5 Å². The van der Waals surface area contributed by atoms with Crippen LogP contribution in [0.4, 0.5) is 40.8 Å². The molecule has 12 aromatic rings. The van der Waals surface area contributed by atoms with Gasteiger partial charge in [-0.2, -0.15) is 4.39 Å². The molecule has 0 bridgehead atoms. The van der Waals surface area contributed by atoms with E-state index in [0.717, 1.165) is 31.7 Å². The molecule has 12 heterocycles. The fourth-order valence-electron chi connectivity index (χ4n) is 13.0. The van der Waals surface area contributed by atoms with Crippen molar-refractivity contribution in [1.29, 1.82) is 0 Å². The van der Waals surface area contributed by atoms with Gasteiger partial charge in [0.05, 0.1) is 7.11 Å². The first-order valence-electron chi connectivity index (χ1n) is 38.2. The number of hydrogen-bond donors (Lipinski definition) is 8. The molecule has 4 aliphatic heterocycles. The zero-order valence-electron chi connectivity index (χ0n) is 65.9. The van der Waals surface area contributed by atoms with Gasteiger partial charge in [-0.05, 0) is 122 Å². The summed E-state index contributed by atoms with van der Waals surface area (Å²) in [5, 5.41) is 13.3. The number of aromatic nitrogens is 16. The molecule has 33 nitrogen and oxygen atoms in total. The summed E-state index contributed by atoms with van der Waals surface area (Å²) in [7, 11) is 1.59. The highest BCUT2D eigenvalue weighted by molar-refractivity contribution is 6.32. The minimum absolute atomic E-state index is 0.00620. The summed E-state index contributed by atoms with van der Waals surface area (Å²) in [5.41, 5.74) is 4.39. The number of aromatic amines is 4. The second-order valence-electron chi connectivity index (χ2n) is 27.0. The maximum atomic E-state index is 13.6. The maximum absolute atomic E-state index is 13.6. The Morgan fingerprint density at radius 2 is 0.699 bits per heavy atom. The fraction of sp³-hybridized carbons (Fsp3) is 0.247. The van der Waals surface area contributed by atoms with Gasteiger partial charge in [0, 0.05) is 76.5 Å². The highest BCUT2D eigenvalue weighted by Crippen LogP contribution is 2.30. The van der Waals surface area contributed by atoms with Crippen LogP contribution in [0, 0.1) is 70.6 Å². The van der Waals surface area contributed by atoms with E-state index < -0.39 is 23.3 Å². The minimum atomic E-state index is -1.06. The van der Waals surface area contributed by atoms with E-state index in [1.807, 2.05) is 24.3 Å². The molecule has 4 amide bonds. The van der Waals surface area contributed by atoms with Crippen molar-refractivity contribution in [3.63, 3.8) is 0 Å². The van der Waals surface area contributed by atoms with Gasteiger partial charge in [-0.1, -0.05) is 98.0 Å². The smallest absolute Gasteiger partial charge is 0.246 e. The number of methoxy groups -OCH3 is 1. The molecular formula is C85H77ClF4N24O9. The van der Waals surface area contributed by atoms with E-state index in [4.69, 9.17) is 35.3 Å². The number of halogens is 5. The molecule has 38 heteroatoms. The molecule has 123 heavy (non-hydrogen) atoms. The number of ether oxygens (including phenoxy) is 5. The van der Waals surface area contributed by atoms with Crippen LogP contribution >= 0.6 is 11.6 Å². The lowest BCUT2D eigenvalue weighted by Crippen LogP contribution is -2.30. The van der Waals surface area contributed by atoms with Gasteiger partial charge in [0.15, 0.2) is 104 Å². The lowest BCUT2D eigenvalue weighted by Gasteiger charge is -2.15. The van der Waals surface area contributed by atoms with E-state index >= 15 is 0 Å². The molecule has 0 radical (unpaired) electrons. The molecule has 626 valence electrons. The zero-order chi connectivity index (χ0) is 86.1. The second kappa shape index (κ2) is 41.2. The van der Waals surface area contributed by atoms with Crippen molar-refractivity contribution in [2.75, 3.05) is 107 Å². The van der Waals surface area contributed by atoms with E-state index in [2.05, 4.69) is 175 Å². The fourth-order valence-corrected chi connectivity index (χ4v) is 13.2. The van der Waals surface area contributed by atoms with Gasteiger partial charge in [0.2, 0.25) is 29.4 Å². The third-order valence-corrected chi connectivity index (χ3v) is 19.3. The largest absolute Gasteiger partial charge is 0.493 e. The SMILES string of the molecule is C=CC(=O)N1CC[C@@H](Nc2ncnc3nc(C#CCOc4cccc(F)c4Cl)[nH]c23)C1.C=CC(=O)N1CC[C@@H](Nc2ncnc3nc(C#CCOc4cccc(F)c4F)[nH]c23)C1.C=CC(=O)N1CC[C@@H](Nc2ncnc3nc(C#CCOc4ccccc4F)[nH]c23)C1.C=CC(=O)N1CC[C@@H](Nc2ncnc3nc(C#CCOc4ccccc4OC)[nH]c23)C1. The van der Waals surface area contributed by atoms with Crippen molar-refractivity contribution in [1.82, 2.24) is 99.3 Å². The van der Waals surface area contributed by atoms with Gasteiger partial charge in [-0.25, -0.2) is 73.0 Å². The summed E-state index contributed by atoms with van der Waals surface area (Å²) < 4.78 is 80.5. The summed E-state index contributed by atoms with van der Waals surface area (Å²) in [4.78, 5) is 118. The summed E-state index contributed by atoms with van der Waals surface area (Å²) in [6, 6.07) is 21.8. The number of anilines is 4. The third-order valence-electron chi connectivity index (χ3n) is 19.0. The standard InChI is InChI=1S/C22H22N6O3.C21H18ClFN6O2.C21H18F2N6O2.C21H19FN6O2/c1-3-19(29)28-11-10-15(13-28)25-21-20-22(24-14-23-21)27-18(26-20)9-6-12-31-17-8-5-4-7-16(17)30-2;1-2-17(30)29-9-8-13(11-29)26-20-19-21(25-12-24-20)28-16(27-19)7-4-10-31-15-6-3-5-14(23)18(15)22;1-2-17(30)29-9-8-13(11-29)26-20-19-21(25-12-24-20)28-16(27-19)7-4-10-31-15-6-3-5-14(22)18(15)23;1-2-18(29)28-10-9-14(12-28)25-20-19-21(24-13-23-20)27-17(26-19)8-5-11-30-16-7-4-3-6-15(16)22/h3-5,7-8,14-15H,1,10-13H2,2H3,(H2,23,24,25,26,27);2*2-3,5-6,12-13H,1,8-11H2,(H2,24,25,26,27,28);2-4,6-7,13-14H,1,9-12H2,(H2,23,24,25,26,27)/t15-;2*13-;14-/m1111/s1. The Hall–Kier alpha value is -15.6. The number of rotatable bonds is 21. The van der Waals surface area contributed by atoms with Crippen LogP contribution in [0.2, 0.25) is 5.02 Å². The summed E-state index contributed by atoms with van der Waals surface area (Å²) in [5.74, 6) is 24.7. The van der Waals surface area contributed by atoms with Crippen LogP contribution in [0.1, 0.15) is 49.0 Å². The predicted molar refractivity (Wildman–Crippen MR) is 449 cm³/mol. The predicted octanol–water partition coefficient (Wildman–Crippen LogP) is 9.15. The number of benzene rings is 4. The average Bonchev–Trinajstić information content (AvgIpc) is 1.68. The molecule has 4 aromatic carbocycles. The first-order chi connectivity index (χ1) is 59.9. The third kappa shape index (κ3) is 22.2. The highest BCUT2D eigenvalue weighted by Gasteiger charge is 2.30. The van der Waals surface area contributed by atoms with Crippen molar-refractivity contribution >= 4 is 103 Å². The van der Waals surface area contributed by atoms with Crippen molar-refractivity contribution < 1.29 is 60.4 Å². The van der Waals surface area contributed by atoms with Gasteiger partial charge in [0.25, 0.3) is 0 Å². The molecule has 8 N–H and O–H groups in total. The minimum Gasteiger partial charge on any atom is -0.493 e. The van der Waals surface area contributed by atoms with E-state index in [9.17, 15) is 36.7 Å². The second-order valence-corrected chi connectivity index (χ2v) is 27.4. The van der Waals surface area contributed by atoms with Gasteiger partial charge in [-0.15, -0.1) is 0 Å². The van der Waals surface area contributed by atoms with Crippen LogP contribution in [0.5, 0.6) is 28.7 Å². The van der Waals surface area contributed by atoms with E-state index in [1.165, 1.54) is 79.9 Å². The van der Waals surface area contributed by atoms with Crippen molar-refractivity contribution in [3.05, 3.63) is 212 Å². The zero-order valence-corrected chi connectivity index (χ0v) is 66.6. The van der Waals surface area contributed by atoms with Crippen LogP contribution < -0.4 is 45.0 Å². The molecule has 0 saturated carbocycles. The van der Waals surface area contributed by atoms with Gasteiger partial charge in [0.1, 0.15) is 90.4 Å². The van der Waals surface area contributed by atoms with Crippen LogP contribution in [0.25, 0.3) is 44.7 Å². The monoisotopic (exact) mass is 1690 g/mol. The topological polar surface area (TPSA) is 393 Å². The average molecular weight is 1690 g/mol. The Morgan fingerprint density at radius 3 is 1.05 bits per heavy atom. The molecule has 0 unspecified atom stereocenters. The van der Waals surface area contributed by atoms with Crippen molar-refractivity contribution in [2.24, 2.45) is 0 Å². The molecule has 4 saturated heterocycles. The van der Waals surface area contributed by atoms with Crippen LogP contribution in [0.3, 0.4) is 0 Å². The summed E-state index contributed by atoms with van der Waals surface area (Å²) in [6.45, 7) is 19.1. The molecule has 0 spiro atoms. The Bertz CT molecular complexity index is 6010. The van der Waals surface area contributed by atoms with E-state index in [-0.39, 0.29) is 96.5 Å². The van der Waals surface area contributed by atoms with Crippen molar-refractivity contribution in [2.45, 2.75) is 49.9 Å². The lowest BCUT2D eigenvalue weighted by atomic mass is 10.2. The van der Waals surface area contributed by atoms with Crippen LogP contribution in [-0.4, -0.2) is 233 Å². The molecule has 8 aromatic heterocycles. The number of nitrogens with zero attached hydrogens (tertiary/aromatic N) is 16. The molecule has 4 aliphatic rings. The van der Waals surface area contributed by atoms with Gasteiger partial charge >= 0.3 is 0 Å². The Labute approximate surface area is 705 Å². The summed E-state index contributed by atoms with van der Waals surface area (Å²) in [6.07, 6.45) is 14.2. The molecule has 0 aliphatic carbocycles.